The second-order valence-electron chi connectivity index (χ2n) is 3.25. The molecule has 0 spiro atoms. The zero-order valence-corrected chi connectivity index (χ0v) is 11.8. The number of hydrogen-bond donors (Lipinski definition) is 0. The van der Waals surface area contributed by atoms with E-state index in [1.807, 2.05) is 24.3 Å². The molecule has 2 aromatic rings. The van der Waals surface area contributed by atoms with E-state index in [1.54, 1.807) is 12.1 Å². The van der Waals surface area contributed by atoms with Gasteiger partial charge in [-0.15, -0.1) is 23.1 Å². The predicted molar refractivity (Wildman–Crippen MR) is 75.8 cm³/mol. The predicted octanol–water partition coefficient (Wildman–Crippen LogP) is 5.03. The van der Waals surface area contributed by atoms with Crippen LogP contribution in [-0.4, -0.2) is 11.5 Å². The lowest BCUT2D eigenvalue weighted by molar-refractivity contribution is 0.102. The summed E-state index contributed by atoms with van der Waals surface area (Å²) < 4.78 is 0.635. The van der Waals surface area contributed by atoms with Crippen LogP contribution in [0.3, 0.4) is 0 Å². The summed E-state index contributed by atoms with van der Waals surface area (Å²) in [6.07, 6.45) is 0. The lowest BCUT2D eigenvalue weighted by Gasteiger charge is -2.01. The molecule has 1 heterocycles. The number of Topliss-reactive ketones (excluding diaryl/α,β-unsaturated/α-hetero) is 1. The van der Waals surface area contributed by atoms with Gasteiger partial charge >= 0.3 is 0 Å². The molecule has 17 heavy (non-hydrogen) atoms. The molecule has 0 atom stereocenters. The van der Waals surface area contributed by atoms with Gasteiger partial charge in [0.15, 0.2) is 5.78 Å². The Kier molecular flexibility index (Phi) is 4.51. The van der Waals surface area contributed by atoms with Crippen molar-refractivity contribution in [1.29, 1.82) is 0 Å². The van der Waals surface area contributed by atoms with Crippen molar-refractivity contribution in [3.05, 3.63) is 50.6 Å². The third kappa shape index (κ3) is 3.49. The first-order valence-corrected chi connectivity index (χ1v) is 7.38. The van der Waals surface area contributed by atoms with Crippen molar-refractivity contribution < 1.29 is 4.79 Å². The minimum absolute atomic E-state index is 0.0758. The van der Waals surface area contributed by atoms with Crippen LogP contribution < -0.4 is 0 Å². The molecule has 0 N–H and O–H groups in total. The van der Waals surface area contributed by atoms with Crippen molar-refractivity contribution in [2.45, 2.75) is 4.90 Å². The van der Waals surface area contributed by atoms with Gasteiger partial charge in [0.25, 0.3) is 0 Å². The number of thiophene rings is 1. The fourth-order valence-corrected chi connectivity index (χ4v) is 3.43. The highest BCUT2D eigenvalue weighted by atomic mass is 35.5. The summed E-state index contributed by atoms with van der Waals surface area (Å²) in [5.74, 6) is 0.451. The van der Waals surface area contributed by atoms with Crippen LogP contribution in [0.4, 0.5) is 0 Å². The number of ketones is 1. The number of benzene rings is 1. The molecule has 0 amide bonds. The number of thioether (sulfide) groups is 1. The first kappa shape index (κ1) is 13.0. The monoisotopic (exact) mass is 302 g/mol. The van der Waals surface area contributed by atoms with E-state index in [9.17, 15) is 4.79 Å². The molecular formula is C12H8Cl2OS2. The molecule has 0 fully saturated rings. The Morgan fingerprint density at radius 2 is 1.94 bits per heavy atom. The van der Waals surface area contributed by atoms with Crippen molar-refractivity contribution in [2.24, 2.45) is 0 Å². The van der Waals surface area contributed by atoms with E-state index >= 15 is 0 Å². The van der Waals surface area contributed by atoms with Crippen molar-refractivity contribution in [1.82, 2.24) is 0 Å². The van der Waals surface area contributed by atoms with Crippen molar-refractivity contribution in [3.63, 3.8) is 0 Å². The van der Waals surface area contributed by atoms with Gasteiger partial charge in [0.1, 0.15) is 0 Å². The molecule has 0 aliphatic heterocycles. The second-order valence-corrected chi connectivity index (χ2v) is 6.39. The Balaban J connectivity index is 1.99. The molecule has 1 aromatic carbocycles. The number of halogens is 2. The minimum atomic E-state index is 0.0758. The van der Waals surface area contributed by atoms with E-state index in [4.69, 9.17) is 23.2 Å². The zero-order chi connectivity index (χ0) is 12.3. The molecule has 0 unspecified atom stereocenters. The summed E-state index contributed by atoms with van der Waals surface area (Å²) in [6, 6.07) is 11.0. The van der Waals surface area contributed by atoms with Crippen LogP contribution in [0.2, 0.25) is 9.36 Å². The molecule has 1 aromatic heterocycles. The van der Waals surface area contributed by atoms with Crippen molar-refractivity contribution in [2.75, 3.05) is 5.75 Å². The highest BCUT2D eigenvalue weighted by molar-refractivity contribution is 8.00. The van der Waals surface area contributed by atoms with E-state index in [1.165, 1.54) is 23.1 Å². The fourth-order valence-electron chi connectivity index (χ4n) is 1.24. The number of carbonyl (C=O) groups excluding carboxylic acids is 1. The molecule has 0 bridgehead atoms. The van der Waals surface area contributed by atoms with Crippen LogP contribution in [0.15, 0.2) is 41.3 Å². The van der Waals surface area contributed by atoms with Gasteiger partial charge in [0.05, 0.1) is 20.0 Å². The van der Waals surface area contributed by atoms with E-state index in [2.05, 4.69) is 0 Å². The highest BCUT2D eigenvalue weighted by Gasteiger charge is 2.10. The SMILES string of the molecule is O=C(CSc1ccccc1Cl)c1ccc(Cl)s1. The topological polar surface area (TPSA) is 17.1 Å². The van der Waals surface area contributed by atoms with Gasteiger partial charge in [-0.05, 0) is 24.3 Å². The maximum absolute atomic E-state index is 11.8. The van der Waals surface area contributed by atoms with Gasteiger partial charge in [-0.3, -0.25) is 4.79 Å². The Labute approximate surface area is 118 Å². The summed E-state index contributed by atoms with van der Waals surface area (Å²) in [5.41, 5.74) is 0. The lowest BCUT2D eigenvalue weighted by Crippen LogP contribution is -1.99. The molecule has 0 aliphatic carbocycles. The summed E-state index contributed by atoms with van der Waals surface area (Å²) in [4.78, 5) is 13.4. The Morgan fingerprint density at radius 3 is 2.59 bits per heavy atom. The van der Waals surface area contributed by atoms with Crippen molar-refractivity contribution in [3.8, 4) is 0 Å². The molecule has 0 radical (unpaired) electrons. The Bertz CT molecular complexity index is 537. The Morgan fingerprint density at radius 1 is 1.18 bits per heavy atom. The average molecular weight is 303 g/mol. The summed E-state index contributed by atoms with van der Waals surface area (Å²) in [5, 5.41) is 0.675. The van der Waals surface area contributed by atoms with E-state index in [0.29, 0.717) is 20.0 Å². The van der Waals surface area contributed by atoms with Gasteiger partial charge in [0, 0.05) is 4.90 Å². The van der Waals surface area contributed by atoms with E-state index in [0.717, 1.165) is 4.90 Å². The van der Waals surface area contributed by atoms with Crippen LogP contribution in [0.5, 0.6) is 0 Å². The normalized spacial score (nSPS) is 10.5. The number of hydrogen-bond acceptors (Lipinski definition) is 3. The first-order chi connectivity index (χ1) is 8.16. The molecule has 1 nitrogen and oxygen atoms in total. The maximum atomic E-state index is 11.8. The molecular weight excluding hydrogens is 295 g/mol. The molecule has 0 saturated carbocycles. The van der Waals surface area contributed by atoms with Crippen LogP contribution >= 0.6 is 46.3 Å². The molecule has 0 aliphatic rings. The van der Waals surface area contributed by atoms with Gasteiger partial charge in [-0.25, -0.2) is 0 Å². The number of carbonyl (C=O) groups is 1. The fraction of sp³-hybridized carbons (Fsp3) is 0.0833. The minimum Gasteiger partial charge on any atom is -0.292 e. The molecule has 88 valence electrons. The van der Waals surface area contributed by atoms with Crippen LogP contribution in [0, 0.1) is 0 Å². The van der Waals surface area contributed by atoms with Gasteiger partial charge in [-0.1, -0.05) is 35.3 Å². The average Bonchev–Trinajstić information content (AvgIpc) is 2.74. The lowest BCUT2D eigenvalue weighted by atomic mass is 10.3. The van der Waals surface area contributed by atoms with Crippen LogP contribution in [-0.2, 0) is 0 Å². The van der Waals surface area contributed by atoms with Crippen molar-refractivity contribution >= 4 is 52.1 Å². The second kappa shape index (κ2) is 5.91. The highest BCUT2D eigenvalue weighted by Crippen LogP contribution is 2.28. The standard InChI is InChI=1S/C12H8Cl2OS2/c13-8-3-1-2-4-10(8)16-7-9(15)11-5-6-12(14)17-11/h1-6H,7H2. The summed E-state index contributed by atoms with van der Waals surface area (Å²) in [6.45, 7) is 0. The quantitative estimate of drug-likeness (QED) is 0.582. The van der Waals surface area contributed by atoms with Gasteiger partial charge in [0.2, 0.25) is 0 Å². The summed E-state index contributed by atoms with van der Waals surface area (Å²) >= 11 is 14.5. The summed E-state index contributed by atoms with van der Waals surface area (Å²) in [7, 11) is 0. The van der Waals surface area contributed by atoms with Gasteiger partial charge in [-0.2, -0.15) is 0 Å². The van der Waals surface area contributed by atoms with Crippen LogP contribution in [0.1, 0.15) is 9.67 Å². The van der Waals surface area contributed by atoms with Gasteiger partial charge < -0.3 is 0 Å². The molecule has 2 rings (SSSR count). The smallest absolute Gasteiger partial charge is 0.183 e. The first-order valence-electron chi connectivity index (χ1n) is 4.82. The zero-order valence-electron chi connectivity index (χ0n) is 8.65. The Hall–Kier alpha value is -0.480. The molecule has 5 heteroatoms. The molecule has 0 saturated heterocycles. The van der Waals surface area contributed by atoms with E-state index < -0.39 is 0 Å². The van der Waals surface area contributed by atoms with E-state index in [-0.39, 0.29) is 5.78 Å². The largest absolute Gasteiger partial charge is 0.292 e. The third-order valence-electron chi connectivity index (χ3n) is 2.04. The van der Waals surface area contributed by atoms with Crippen LogP contribution in [0.25, 0.3) is 0 Å². The number of rotatable bonds is 4. The third-order valence-corrected chi connectivity index (χ3v) is 4.83. The maximum Gasteiger partial charge on any atom is 0.183 e.